The number of hydrogen-bond donors (Lipinski definition) is 1. The molecule has 3 fully saturated rings. The lowest BCUT2D eigenvalue weighted by molar-refractivity contribution is 0.0526. The number of aryl methyl sites for hydroxylation is 2. The Hall–Kier alpha value is -2.11. The Morgan fingerprint density at radius 3 is 2.90 bits per heavy atom. The Morgan fingerprint density at radius 2 is 2.30 bits per heavy atom. The van der Waals surface area contributed by atoms with Gasteiger partial charge >= 0.3 is 0 Å². The van der Waals surface area contributed by atoms with Crippen molar-refractivity contribution in [2.24, 2.45) is 5.92 Å². The van der Waals surface area contributed by atoms with Gasteiger partial charge in [-0.2, -0.15) is 0 Å². The van der Waals surface area contributed by atoms with Gasteiger partial charge < -0.3 is 14.4 Å². The summed E-state index contributed by atoms with van der Waals surface area (Å²) in [6.45, 7) is 4.39. The first-order chi connectivity index (χ1) is 9.62. The number of rotatable bonds is 2. The summed E-state index contributed by atoms with van der Waals surface area (Å²) in [5.41, 5.74) is 1.01. The lowest BCUT2D eigenvalue weighted by Crippen LogP contribution is -2.46. The van der Waals surface area contributed by atoms with E-state index in [1.54, 1.807) is 13.1 Å². The van der Waals surface area contributed by atoms with Gasteiger partial charge in [-0.25, -0.2) is 4.98 Å². The second-order valence-corrected chi connectivity index (χ2v) is 5.86. The molecular formula is C14H16N4O2. The number of aromatic nitrogens is 3. The second-order valence-electron chi connectivity index (χ2n) is 5.86. The number of imidazole rings is 1. The normalized spacial score (nSPS) is 27.7. The summed E-state index contributed by atoms with van der Waals surface area (Å²) in [7, 11) is 0. The molecule has 0 atom stereocenters. The van der Waals surface area contributed by atoms with Gasteiger partial charge in [0.2, 0.25) is 0 Å². The van der Waals surface area contributed by atoms with E-state index in [-0.39, 0.29) is 11.4 Å². The van der Waals surface area contributed by atoms with Gasteiger partial charge in [-0.05, 0) is 32.6 Å². The molecule has 1 saturated carbocycles. The Labute approximate surface area is 116 Å². The maximum absolute atomic E-state index is 12.9. The van der Waals surface area contributed by atoms with E-state index in [0.29, 0.717) is 22.9 Å². The van der Waals surface area contributed by atoms with Crippen molar-refractivity contribution in [3.8, 4) is 0 Å². The van der Waals surface area contributed by atoms with Crippen molar-refractivity contribution in [3.63, 3.8) is 0 Å². The number of nitrogens with zero attached hydrogens (tertiary/aromatic N) is 3. The smallest absolute Gasteiger partial charge is 0.260 e. The summed E-state index contributed by atoms with van der Waals surface area (Å²) < 4.78 is 5.13. The predicted octanol–water partition coefficient (Wildman–Crippen LogP) is 1.78. The third kappa shape index (κ3) is 1.31. The molecule has 2 aliphatic heterocycles. The molecule has 2 aromatic heterocycles. The van der Waals surface area contributed by atoms with Crippen molar-refractivity contribution in [1.29, 1.82) is 0 Å². The number of H-pyrrole nitrogens is 1. The minimum atomic E-state index is -0.249. The fraction of sp³-hybridized carbons (Fsp3) is 0.500. The summed E-state index contributed by atoms with van der Waals surface area (Å²) in [6, 6.07) is 0. The highest BCUT2D eigenvalue weighted by Gasteiger charge is 2.60. The van der Waals surface area contributed by atoms with Gasteiger partial charge in [0.25, 0.3) is 5.91 Å². The van der Waals surface area contributed by atoms with Crippen LogP contribution in [0, 0.1) is 19.8 Å². The average molecular weight is 272 g/mol. The molecule has 6 heteroatoms. The monoisotopic (exact) mass is 272 g/mol. The molecule has 1 aliphatic carbocycles. The molecule has 1 N–H and O–H groups in total. The minimum Gasteiger partial charge on any atom is -0.361 e. The molecule has 0 aromatic carbocycles. The SMILES string of the molecule is Cc1noc(C)c1C(=O)N1CC2CC1(c1ncc[nH]1)C2. The van der Waals surface area contributed by atoms with Gasteiger partial charge in [0.1, 0.15) is 22.7 Å². The molecule has 1 amide bonds. The molecule has 2 bridgehead atoms. The molecule has 2 saturated heterocycles. The van der Waals surface area contributed by atoms with E-state index in [9.17, 15) is 4.79 Å². The topological polar surface area (TPSA) is 75.0 Å². The fourth-order valence-electron chi connectivity index (χ4n) is 3.72. The van der Waals surface area contributed by atoms with Crippen LogP contribution in [-0.4, -0.2) is 32.5 Å². The Kier molecular flexibility index (Phi) is 2.17. The van der Waals surface area contributed by atoms with Crippen LogP contribution in [-0.2, 0) is 5.54 Å². The number of aromatic amines is 1. The highest BCUT2D eigenvalue weighted by molar-refractivity contribution is 5.97. The molecule has 6 nitrogen and oxygen atoms in total. The number of nitrogens with one attached hydrogen (secondary N) is 1. The van der Waals surface area contributed by atoms with Crippen LogP contribution in [0.2, 0.25) is 0 Å². The summed E-state index contributed by atoms with van der Waals surface area (Å²) in [4.78, 5) is 22.4. The van der Waals surface area contributed by atoms with Crippen LogP contribution in [0.4, 0.5) is 0 Å². The lowest BCUT2D eigenvalue weighted by atomic mass is 9.72. The summed E-state index contributed by atoms with van der Waals surface area (Å²) >= 11 is 0. The fourth-order valence-corrected chi connectivity index (χ4v) is 3.72. The molecule has 2 aromatic rings. The molecule has 0 unspecified atom stereocenters. The predicted molar refractivity (Wildman–Crippen MR) is 70.0 cm³/mol. The van der Waals surface area contributed by atoms with Crippen molar-refractivity contribution >= 4 is 5.91 Å². The molecular weight excluding hydrogens is 256 g/mol. The zero-order valence-electron chi connectivity index (χ0n) is 11.5. The number of carbonyl (C=O) groups excluding carboxylic acids is 1. The van der Waals surface area contributed by atoms with Crippen molar-refractivity contribution in [2.75, 3.05) is 6.54 Å². The van der Waals surface area contributed by atoms with Crippen LogP contribution in [0.25, 0.3) is 0 Å². The van der Waals surface area contributed by atoms with E-state index in [1.165, 1.54) is 0 Å². The van der Waals surface area contributed by atoms with E-state index in [0.717, 1.165) is 25.2 Å². The average Bonchev–Trinajstić information content (AvgIpc) is 3.09. The molecule has 20 heavy (non-hydrogen) atoms. The van der Waals surface area contributed by atoms with E-state index in [1.807, 2.05) is 18.0 Å². The van der Waals surface area contributed by atoms with Crippen molar-refractivity contribution in [3.05, 3.63) is 35.2 Å². The summed E-state index contributed by atoms with van der Waals surface area (Å²) in [5, 5.41) is 3.89. The Morgan fingerprint density at radius 1 is 1.50 bits per heavy atom. The van der Waals surface area contributed by atoms with E-state index >= 15 is 0 Å². The van der Waals surface area contributed by atoms with Gasteiger partial charge in [0, 0.05) is 18.9 Å². The van der Waals surface area contributed by atoms with E-state index in [2.05, 4.69) is 15.1 Å². The van der Waals surface area contributed by atoms with Crippen LogP contribution in [0.3, 0.4) is 0 Å². The number of amides is 1. The molecule has 0 radical (unpaired) electrons. The van der Waals surface area contributed by atoms with Crippen LogP contribution >= 0.6 is 0 Å². The van der Waals surface area contributed by atoms with Gasteiger partial charge in [-0.3, -0.25) is 4.79 Å². The third-order valence-electron chi connectivity index (χ3n) is 4.64. The van der Waals surface area contributed by atoms with Gasteiger partial charge in [-0.15, -0.1) is 0 Å². The lowest BCUT2D eigenvalue weighted by Gasteiger charge is -2.40. The first-order valence-electron chi connectivity index (χ1n) is 6.86. The number of hydrogen-bond acceptors (Lipinski definition) is 4. The molecule has 0 spiro atoms. The summed E-state index contributed by atoms with van der Waals surface area (Å²) in [6.07, 6.45) is 5.55. The maximum Gasteiger partial charge on any atom is 0.260 e. The standard InChI is InChI=1S/C14H16N4O2/c1-8-11(9(2)20-17-8)12(19)18-7-10-5-14(18,6-10)13-15-3-4-16-13/h3-4,10H,5-7H2,1-2H3,(H,15,16). The van der Waals surface area contributed by atoms with Crippen LogP contribution in [0.5, 0.6) is 0 Å². The third-order valence-corrected chi connectivity index (χ3v) is 4.64. The zero-order chi connectivity index (χ0) is 13.9. The molecule has 5 rings (SSSR count). The molecule has 3 aliphatic rings. The molecule has 4 heterocycles. The van der Waals surface area contributed by atoms with Gasteiger partial charge in [0.15, 0.2) is 0 Å². The first kappa shape index (κ1) is 11.7. The van der Waals surface area contributed by atoms with Crippen LogP contribution in [0.15, 0.2) is 16.9 Å². The van der Waals surface area contributed by atoms with Gasteiger partial charge in [0.05, 0.1) is 5.69 Å². The number of carbonyl (C=O) groups is 1. The number of fused-ring (bicyclic) bond motifs is 1. The Bertz CT molecular complexity index is 648. The summed E-state index contributed by atoms with van der Waals surface area (Å²) in [5.74, 6) is 2.08. The van der Waals surface area contributed by atoms with Crippen molar-refractivity contribution in [1.82, 2.24) is 20.0 Å². The van der Waals surface area contributed by atoms with Crippen molar-refractivity contribution in [2.45, 2.75) is 32.2 Å². The molecule has 104 valence electrons. The van der Waals surface area contributed by atoms with E-state index in [4.69, 9.17) is 4.52 Å². The minimum absolute atomic E-state index is 0.0117. The van der Waals surface area contributed by atoms with Crippen molar-refractivity contribution < 1.29 is 9.32 Å². The zero-order valence-corrected chi connectivity index (χ0v) is 11.5. The largest absolute Gasteiger partial charge is 0.361 e. The second kappa shape index (κ2) is 3.71. The quantitative estimate of drug-likeness (QED) is 0.904. The maximum atomic E-state index is 12.9. The van der Waals surface area contributed by atoms with E-state index < -0.39 is 0 Å². The van der Waals surface area contributed by atoms with Crippen LogP contribution in [0.1, 0.15) is 40.5 Å². The first-order valence-corrected chi connectivity index (χ1v) is 6.86. The van der Waals surface area contributed by atoms with Gasteiger partial charge in [-0.1, -0.05) is 5.16 Å². The highest BCUT2D eigenvalue weighted by Crippen LogP contribution is 2.56. The highest BCUT2D eigenvalue weighted by atomic mass is 16.5. The van der Waals surface area contributed by atoms with Crippen LogP contribution < -0.4 is 0 Å². The Balaban J connectivity index is 1.74.